The highest BCUT2D eigenvalue weighted by Gasteiger charge is 2.34. The van der Waals surface area contributed by atoms with Gasteiger partial charge in [0.1, 0.15) is 17.6 Å². The van der Waals surface area contributed by atoms with Gasteiger partial charge in [0.05, 0.1) is 12.2 Å². The van der Waals surface area contributed by atoms with Crippen LogP contribution in [0.2, 0.25) is 0 Å². The molecule has 0 fully saturated rings. The maximum absolute atomic E-state index is 14.2. The maximum atomic E-state index is 14.2. The number of nitrogens with zero attached hydrogens (tertiary/aromatic N) is 3. The lowest BCUT2D eigenvalue weighted by atomic mass is 9.94. The van der Waals surface area contributed by atoms with Gasteiger partial charge in [-0.25, -0.2) is 9.07 Å². The minimum absolute atomic E-state index is 0.224. The molecule has 7 nitrogen and oxygen atoms in total. The molecule has 0 saturated carbocycles. The number of rotatable bonds is 10. The van der Waals surface area contributed by atoms with E-state index in [1.54, 1.807) is 16.8 Å². The number of allylic oxidation sites excluding steroid dienone is 1. The Morgan fingerprint density at radius 3 is 2.57 bits per heavy atom. The largest absolute Gasteiger partial charge is 0.494 e. The van der Waals surface area contributed by atoms with Gasteiger partial charge in [-0.2, -0.15) is 4.98 Å². The molecule has 0 bridgehead atoms. The second-order valence-electron chi connectivity index (χ2n) is 10.9. The summed E-state index contributed by atoms with van der Waals surface area (Å²) in [6.45, 7) is 10.9. The first-order chi connectivity index (χ1) is 20.2. The van der Waals surface area contributed by atoms with E-state index in [1.165, 1.54) is 17.8 Å². The zero-order valence-corrected chi connectivity index (χ0v) is 25.4. The summed E-state index contributed by atoms with van der Waals surface area (Å²) in [6.07, 6.45) is 0.969. The van der Waals surface area contributed by atoms with Crippen molar-refractivity contribution in [3.8, 4) is 5.75 Å². The number of aryl methyl sites for hydroxylation is 1. The fourth-order valence-corrected chi connectivity index (χ4v) is 5.60. The third-order valence-electron chi connectivity index (χ3n) is 7.40. The van der Waals surface area contributed by atoms with Crippen LogP contribution in [0.3, 0.4) is 0 Å². The quantitative estimate of drug-likeness (QED) is 0.186. The van der Waals surface area contributed by atoms with Crippen LogP contribution in [0.1, 0.15) is 55.5 Å². The molecule has 4 aromatic rings. The highest BCUT2D eigenvalue weighted by molar-refractivity contribution is 7.98. The number of thioether (sulfide) groups is 1. The Bertz CT molecular complexity index is 1610. The molecule has 1 unspecified atom stereocenters. The lowest BCUT2D eigenvalue weighted by molar-refractivity contribution is -0.113. The van der Waals surface area contributed by atoms with E-state index in [9.17, 15) is 9.18 Å². The Labute approximate surface area is 250 Å². The van der Waals surface area contributed by atoms with Gasteiger partial charge in [0.15, 0.2) is 0 Å². The fraction of sp³-hybridized carbons (Fsp3) is 0.303. The van der Waals surface area contributed by atoms with Crippen molar-refractivity contribution < 1.29 is 13.9 Å². The molecule has 3 aromatic carbocycles. The average Bonchev–Trinajstić information content (AvgIpc) is 3.37. The molecular formula is C33H36FN5O2S. The van der Waals surface area contributed by atoms with Gasteiger partial charge >= 0.3 is 0 Å². The van der Waals surface area contributed by atoms with E-state index in [2.05, 4.69) is 24.5 Å². The molecule has 1 aliphatic heterocycles. The molecular weight excluding hydrogens is 549 g/mol. The first-order valence-electron chi connectivity index (χ1n) is 14.1. The number of amides is 1. The monoisotopic (exact) mass is 585 g/mol. The SMILES string of the molecule is CC1=C(C(=O)Nc2cccc(C)c2C)C(c2ccc(OCCC(C)C)cc2)n2nc(SCc3ccccc3F)nc2N1. The number of nitrogens with one attached hydrogen (secondary N) is 2. The predicted octanol–water partition coefficient (Wildman–Crippen LogP) is 7.68. The third-order valence-corrected chi connectivity index (χ3v) is 8.29. The maximum Gasteiger partial charge on any atom is 0.255 e. The lowest BCUT2D eigenvalue weighted by Crippen LogP contribution is -2.31. The number of benzene rings is 3. The van der Waals surface area contributed by atoms with Crippen molar-refractivity contribution in [3.63, 3.8) is 0 Å². The van der Waals surface area contributed by atoms with E-state index in [0.29, 0.717) is 46.2 Å². The summed E-state index contributed by atoms with van der Waals surface area (Å²) in [5.74, 6) is 1.75. The minimum atomic E-state index is -0.536. The van der Waals surface area contributed by atoms with Gasteiger partial charge in [-0.1, -0.05) is 68.1 Å². The van der Waals surface area contributed by atoms with Gasteiger partial charge in [-0.15, -0.1) is 5.10 Å². The molecule has 2 heterocycles. The molecule has 1 atom stereocenters. The molecule has 9 heteroatoms. The molecule has 42 heavy (non-hydrogen) atoms. The van der Waals surface area contributed by atoms with Crippen molar-refractivity contribution in [1.82, 2.24) is 14.8 Å². The van der Waals surface area contributed by atoms with E-state index >= 15 is 0 Å². The lowest BCUT2D eigenvalue weighted by Gasteiger charge is -2.29. The first kappa shape index (κ1) is 29.4. The van der Waals surface area contributed by atoms with Gasteiger partial charge < -0.3 is 15.4 Å². The van der Waals surface area contributed by atoms with E-state index in [4.69, 9.17) is 14.8 Å². The highest BCUT2D eigenvalue weighted by Crippen LogP contribution is 2.38. The smallest absolute Gasteiger partial charge is 0.255 e. The van der Waals surface area contributed by atoms with Crippen molar-refractivity contribution in [2.75, 3.05) is 17.2 Å². The molecule has 218 valence electrons. The standard InChI is InChI=1S/C33H36FN5O2S/c1-20(2)17-18-41-26-15-13-24(14-16-26)30-29(31(40)36-28-12-8-9-21(3)22(28)4)23(5)35-32-37-33(38-39(30)32)42-19-25-10-6-7-11-27(25)34/h6-16,20,30H,17-19H2,1-5H3,(H,36,40)(H,35,37,38). The first-order valence-corrected chi connectivity index (χ1v) is 15.1. The fourth-order valence-electron chi connectivity index (χ4n) is 4.79. The van der Waals surface area contributed by atoms with E-state index in [1.807, 2.05) is 69.3 Å². The number of aromatic nitrogens is 3. The Hall–Kier alpha value is -4.11. The van der Waals surface area contributed by atoms with E-state index in [-0.39, 0.29) is 11.7 Å². The van der Waals surface area contributed by atoms with Crippen LogP contribution in [0.4, 0.5) is 16.0 Å². The Morgan fingerprint density at radius 1 is 1.07 bits per heavy atom. The second-order valence-corrected chi connectivity index (χ2v) is 11.9. The summed E-state index contributed by atoms with van der Waals surface area (Å²) in [7, 11) is 0. The summed E-state index contributed by atoms with van der Waals surface area (Å²) >= 11 is 1.35. The zero-order chi connectivity index (χ0) is 29.8. The molecule has 0 aliphatic carbocycles. The van der Waals surface area contributed by atoms with E-state index < -0.39 is 6.04 Å². The van der Waals surface area contributed by atoms with Gasteiger partial charge in [-0.3, -0.25) is 4.79 Å². The van der Waals surface area contributed by atoms with Crippen molar-refractivity contribution in [1.29, 1.82) is 0 Å². The molecule has 0 spiro atoms. The summed E-state index contributed by atoms with van der Waals surface area (Å²) < 4.78 is 21.9. The summed E-state index contributed by atoms with van der Waals surface area (Å²) in [5, 5.41) is 11.7. The second kappa shape index (κ2) is 12.8. The summed E-state index contributed by atoms with van der Waals surface area (Å²) in [4.78, 5) is 18.6. The van der Waals surface area contributed by atoms with Crippen molar-refractivity contribution in [2.45, 2.75) is 58.0 Å². The normalized spacial score (nSPS) is 14.5. The highest BCUT2D eigenvalue weighted by atomic mass is 32.2. The minimum Gasteiger partial charge on any atom is -0.494 e. The van der Waals surface area contributed by atoms with Crippen LogP contribution in [0.25, 0.3) is 0 Å². The van der Waals surface area contributed by atoms with Gasteiger partial charge in [0.2, 0.25) is 11.1 Å². The topological polar surface area (TPSA) is 81.1 Å². The number of ether oxygens (including phenoxy) is 1. The van der Waals surface area contributed by atoms with Crippen LogP contribution in [0, 0.1) is 25.6 Å². The van der Waals surface area contributed by atoms with Crippen LogP contribution >= 0.6 is 11.8 Å². The number of carbonyl (C=O) groups excluding carboxylic acids is 1. The molecule has 0 radical (unpaired) electrons. The van der Waals surface area contributed by atoms with Gasteiger partial charge in [0.25, 0.3) is 5.91 Å². The van der Waals surface area contributed by atoms with Crippen molar-refractivity contribution in [2.24, 2.45) is 5.92 Å². The van der Waals surface area contributed by atoms with Crippen molar-refractivity contribution >= 4 is 29.3 Å². The number of hydrogen-bond acceptors (Lipinski definition) is 6. The van der Waals surface area contributed by atoms with Crippen LogP contribution in [-0.2, 0) is 10.5 Å². The Morgan fingerprint density at radius 2 is 1.83 bits per heavy atom. The van der Waals surface area contributed by atoms with Gasteiger partial charge in [-0.05, 0) is 79.6 Å². The summed E-state index contributed by atoms with van der Waals surface area (Å²) in [6, 6.07) is 19.8. The molecule has 2 N–H and O–H groups in total. The van der Waals surface area contributed by atoms with Crippen LogP contribution in [0.5, 0.6) is 5.75 Å². The number of anilines is 2. The number of carbonyl (C=O) groups is 1. The number of fused-ring (bicyclic) bond motifs is 1. The average molecular weight is 586 g/mol. The number of halogens is 1. The van der Waals surface area contributed by atoms with Crippen LogP contribution < -0.4 is 15.4 Å². The summed E-state index contributed by atoms with van der Waals surface area (Å²) in [5.41, 5.74) is 5.54. The molecule has 0 saturated heterocycles. The number of hydrogen-bond donors (Lipinski definition) is 2. The molecule has 1 aromatic heterocycles. The molecule has 1 aliphatic rings. The zero-order valence-electron chi connectivity index (χ0n) is 24.6. The molecule has 1 amide bonds. The van der Waals surface area contributed by atoms with Crippen molar-refractivity contribution in [3.05, 3.63) is 106 Å². The Balaban J connectivity index is 1.47. The van der Waals surface area contributed by atoms with Crippen LogP contribution in [0.15, 0.2) is 83.2 Å². The molecule has 5 rings (SSSR count). The Kier molecular flexibility index (Phi) is 8.97. The third kappa shape index (κ3) is 6.51. The predicted molar refractivity (Wildman–Crippen MR) is 166 cm³/mol. The van der Waals surface area contributed by atoms with Gasteiger partial charge in [0, 0.05) is 17.1 Å². The van der Waals surface area contributed by atoms with E-state index in [0.717, 1.165) is 34.5 Å². The van der Waals surface area contributed by atoms with Crippen LogP contribution in [-0.4, -0.2) is 27.3 Å².